The Hall–Kier alpha value is -1.92. The van der Waals surface area contributed by atoms with Crippen molar-refractivity contribution in [2.75, 3.05) is 13.6 Å². The first-order valence-corrected chi connectivity index (χ1v) is 11.2. The molecule has 0 unspecified atom stereocenters. The fraction of sp³-hybridized carbons (Fsp3) is 0.667. The highest BCUT2D eigenvalue weighted by Crippen LogP contribution is 2.57. The van der Waals surface area contributed by atoms with Crippen LogP contribution in [0.25, 0.3) is 0 Å². The molecule has 0 aromatic heterocycles. The average molecular weight is 415 g/mol. The van der Waals surface area contributed by atoms with E-state index in [1.54, 1.807) is 12.1 Å². The van der Waals surface area contributed by atoms with E-state index in [1.807, 2.05) is 13.1 Å². The molecule has 4 rings (SSSR count). The molecule has 1 aromatic rings. The van der Waals surface area contributed by atoms with Crippen LogP contribution >= 0.6 is 0 Å². The average Bonchev–Trinajstić information content (AvgIpc) is 2.66. The topological polar surface area (TPSA) is 89.9 Å². The number of fused-ring (bicyclic) bond motifs is 1. The van der Waals surface area contributed by atoms with Gasteiger partial charge in [0.2, 0.25) is 5.91 Å². The van der Waals surface area contributed by atoms with Crippen molar-refractivity contribution in [3.8, 4) is 5.75 Å². The Bertz CT molecular complexity index is 854. The Morgan fingerprint density at radius 2 is 2.13 bits per heavy atom. The van der Waals surface area contributed by atoms with Gasteiger partial charge in [0.1, 0.15) is 5.75 Å². The molecular weight excluding hydrogens is 380 g/mol. The fourth-order valence-corrected chi connectivity index (χ4v) is 6.09. The Morgan fingerprint density at radius 1 is 1.37 bits per heavy atom. The van der Waals surface area contributed by atoms with E-state index >= 15 is 0 Å². The highest BCUT2D eigenvalue weighted by atomic mass is 16.3. The van der Waals surface area contributed by atoms with Crippen LogP contribution in [-0.2, 0) is 21.4 Å². The summed E-state index contributed by atoms with van der Waals surface area (Å²) in [5, 5.41) is 25.1. The summed E-state index contributed by atoms with van der Waals surface area (Å²) in [7, 11) is 2.02. The minimum atomic E-state index is -1.12. The zero-order valence-corrected chi connectivity index (χ0v) is 18.3. The number of piperidine rings is 1. The van der Waals surface area contributed by atoms with E-state index in [4.69, 9.17) is 0 Å². The lowest BCUT2D eigenvalue weighted by Gasteiger charge is -2.63. The predicted octanol–water partition coefficient (Wildman–Crippen LogP) is 2.30. The highest BCUT2D eigenvalue weighted by Gasteiger charge is 2.66. The standard InChI is InChI=1S/C24H34N2O4/c1-15(2)5-4-6-22(29)25-19-13-24(30)21-11-16-7-8-17(27)12-18(16)23(24,14-20(19)28)9-10-26(21)3/h7-8,12,15,19,21,27,30H,4-6,9-11,13-14H2,1-3H3,(H,25,29)/t19-,21+,23+,24+/m0/s1. The number of benzene rings is 1. The molecule has 30 heavy (non-hydrogen) atoms. The van der Waals surface area contributed by atoms with Gasteiger partial charge in [-0.15, -0.1) is 0 Å². The van der Waals surface area contributed by atoms with Crippen molar-refractivity contribution in [2.45, 2.75) is 81.9 Å². The van der Waals surface area contributed by atoms with E-state index in [0.29, 0.717) is 25.2 Å². The first kappa shape index (κ1) is 21.3. The molecule has 3 N–H and O–H groups in total. The molecule has 6 heteroatoms. The molecule has 4 atom stereocenters. The molecule has 6 nitrogen and oxygen atoms in total. The third-order valence-corrected chi connectivity index (χ3v) is 7.73. The van der Waals surface area contributed by atoms with Crippen LogP contribution < -0.4 is 5.32 Å². The van der Waals surface area contributed by atoms with Crippen molar-refractivity contribution in [2.24, 2.45) is 5.92 Å². The van der Waals surface area contributed by atoms with Gasteiger partial charge in [-0.05, 0) is 62.0 Å². The smallest absolute Gasteiger partial charge is 0.220 e. The second-order valence-corrected chi connectivity index (χ2v) is 10.1. The minimum absolute atomic E-state index is 0.0172. The molecule has 1 aliphatic heterocycles. The lowest BCUT2D eigenvalue weighted by Crippen LogP contribution is -2.75. The number of ketones is 1. The van der Waals surface area contributed by atoms with Crippen molar-refractivity contribution < 1.29 is 19.8 Å². The van der Waals surface area contributed by atoms with Crippen LogP contribution in [0.3, 0.4) is 0 Å². The van der Waals surface area contributed by atoms with Gasteiger partial charge in [0, 0.05) is 30.7 Å². The third kappa shape index (κ3) is 3.34. The number of hydrogen-bond donors (Lipinski definition) is 3. The van der Waals surface area contributed by atoms with Crippen molar-refractivity contribution in [3.63, 3.8) is 0 Å². The van der Waals surface area contributed by atoms with Gasteiger partial charge >= 0.3 is 0 Å². The normalized spacial score (nSPS) is 33.2. The summed E-state index contributed by atoms with van der Waals surface area (Å²) in [4.78, 5) is 27.8. The van der Waals surface area contributed by atoms with Crippen LogP contribution in [0.15, 0.2) is 18.2 Å². The van der Waals surface area contributed by atoms with Crippen molar-refractivity contribution in [1.29, 1.82) is 0 Å². The van der Waals surface area contributed by atoms with Gasteiger partial charge < -0.3 is 20.4 Å². The maximum Gasteiger partial charge on any atom is 0.220 e. The number of phenolic OH excluding ortho intramolecular Hbond substituents is 1. The van der Waals surface area contributed by atoms with Crippen LogP contribution in [0.4, 0.5) is 0 Å². The second kappa shape index (κ2) is 7.65. The molecule has 2 fully saturated rings. The van der Waals surface area contributed by atoms with E-state index in [1.165, 1.54) is 0 Å². The number of aromatic hydroxyl groups is 1. The number of rotatable bonds is 5. The van der Waals surface area contributed by atoms with Gasteiger partial charge in [-0.1, -0.05) is 26.3 Å². The SMILES string of the molecule is CC(C)CCCC(=O)N[C@H]1C[C@@]2(O)[C@H]3Cc4ccc(O)cc4[C@@]2(CCN3C)CC1=O. The number of amides is 1. The zero-order chi connectivity index (χ0) is 21.7. The molecule has 3 aliphatic rings. The molecule has 1 heterocycles. The largest absolute Gasteiger partial charge is 0.508 e. The second-order valence-electron chi connectivity index (χ2n) is 10.1. The van der Waals surface area contributed by atoms with E-state index in [-0.39, 0.29) is 36.3 Å². The molecule has 1 saturated carbocycles. The van der Waals surface area contributed by atoms with Crippen molar-refractivity contribution in [3.05, 3.63) is 29.3 Å². The molecular formula is C24H34N2O4. The molecule has 2 bridgehead atoms. The van der Waals surface area contributed by atoms with Crippen LogP contribution in [0.5, 0.6) is 5.75 Å². The number of likely N-dealkylation sites (tertiary alicyclic amines) is 1. The fourth-order valence-electron chi connectivity index (χ4n) is 6.09. The zero-order valence-electron chi connectivity index (χ0n) is 18.3. The number of carbonyl (C=O) groups is 2. The van der Waals surface area contributed by atoms with Gasteiger partial charge in [-0.25, -0.2) is 0 Å². The number of Topliss-reactive ketones (excluding diaryl/α,β-unsaturated/α-hetero) is 1. The summed E-state index contributed by atoms with van der Waals surface area (Å²) >= 11 is 0. The Kier molecular flexibility index (Phi) is 5.43. The summed E-state index contributed by atoms with van der Waals surface area (Å²) in [6.07, 6.45) is 3.95. The maximum atomic E-state index is 13.2. The van der Waals surface area contributed by atoms with E-state index in [9.17, 15) is 19.8 Å². The van der Waals surface area contributed by atoms with Crippen LogP contribution in [0, 0.1) is 5.92 Å². The van der Waals surface area contributed by atoms with E-state index in [2.05, 4.69) is 24.1 Å². The molecule has 0 radical (unpaired) electrons. The van der Waals surface area contributed by atoms with Crippen molar-refractivity contribution >= 4 is 11.7 Å². The summed E-state index contributed by atoms with van der Waals surface area (Å²) in [6, 6.07) is 4.57. The first-order chi connectivity index (χ1) is 14.2. The van der Waals surface area contributed by atoms with Crippen LogP contribution in [0.1, 0.15) is 63.5 Å². The summed E-state index contributed by atoms with van der Waals surface area (Å²) in [5.74, 6) is 0.580. The number of likely N-dealkylation sites (N-methyl/N-ethyl adjacent to an activating group) is 1. The quantitative estimate of drug-likeness (QED) is 0.688. The molecule has 164 valence electrons. The van der Waals surface area contributed by atoms with E-state index < -0.39 is 17.1 Å². The van der Waals surface area contributed by atoms with Gasteiger partial charge in [-0.2, -0.15) is 0 Å². The molecule has 1 aromatic carbocycles. The maximum absolute atomic E-state index is 13.2. The summed E-state index contributed by atoms with van der Waals surface area (Å²) in [6.45, 7) is 5.05. The number of nitrogens with zero attached hydrogens (tertiary/aromatic N) is 1. The summed E-state index contributed by atoms with van der Waals surface area (Å²) in [5.41, 5.74) is 0.180. The molecule has 1 saturated heterocycles. The van der Waals surface area contributed by atoms with Gasteiger partial charge in [0.05, 0.1) is 11.6 Å². The Morgan fingerprint density at radius 3 is 2.87 bits per heavy atom. The van der Waals surface area contributed by atoms with Crippen molar-refractivity contribution in [1.82, 2.24) is 10.2 Å². The Balaban J connectivity index is 1.62. The number of phenols is 1. The van der Waals surface area contributed by atoms with E-state index in [0.717, 1.165) is 30.5 Å². The van der Waals surface area contributed by atoms with Crippen LogP contribution in [-0.4, -0.2) is 58.1 Å². The van der Waals surface area contributed by atoms with Gasteiger partial charge in [0.15, 0.2) is 5.78 Å². The molecule has 0 spiro atoms. The molecule has 2 aliphatic carbocycles. The molecule has 1 amide bonds. The number of nitrogens with one attached hydrogen (secondary N) is 1. The lowest BCUT2D eigenvalue weighted by atomic mass is 9.48. The Labute approximate surface area is 178 Å². The summed E-state index contributed by atoms with van der Waals surface area (Å²) < 4.78 is 0. The predicted molar refractivity (Wildman–Crippen MR) is 114 cm³/mol. The van der Waals surface area contributed by atoms with Gasteiger partial charge in [-0.3, -0.25) is 9.59 Å². The highest BCUT2D eigenvalue weighted by molar-refractivity contribution is 5.91. The number of hydrogen-bond acceptors (Lipinski definition) is 5. The minimum Gasteiger partial charge on any atom is -0.508 e. The number of aliphatic hydroxyl groups is 1. The number of carbonyl (C=O) groups excluding carboxylic acids is 2. The third-order valence-electron chi connectivity index (χ3n) is 7.73. The van der Waals surface area contributed by atoms with Gasteiger partial charge in [0.25, 0.3) is 0 Å². The monoisotopic (exact) mass is 414 g/mol. The lowest BCUT2D eigenvalue weighted by molar-refractivity contribution is -0.174. The van der Waals surface area contributed by atoms with Crippen LogP contribution in [0.2, 0.25) is 0 Å². The first-order valence-electron chi connectivity index (χ1n) is 11.2.